The van der Waals surface area contributed by atoms with Gasteiger partial charge in [0.2, 0.25) is 11.8 Å². The van der Waals surface area contributed by atoms with E-state index in [9.17, 15) is 28.8 Å². The molecule has 15 heteroatoms. The molecule has 6 N–H and O–H groups in total. The first-order valence-electron chi connectivity index (χ1n) is 9.87. The second kappa shape index (κ2) is 17.1. The number of nitrogens with one attached hydrogen (secondary N) is 2. The van der Waals surface area contributed by atoms with Crippen LogP contribution in [0.3, 0.4) is 0 Å². The van der Waals surface area contributed by atoms with Crippen molar-refractivity contribution in [1.82, 2.24) is 10.6 Å². The van der Waals surface area contributed by atoms with E-state index in [0.717, 1.165) is 6.42 Å². The third kappa shape index (κ3) is 14.4. The van der Waals surface area contributed by atoms with Gasteiger partial charge in [-0.15, -0.1) is 0 Å². The molecule has 3 atom stereocenters. The highest BCUT2D eigenvalue weighted by molar-refractivity contribution is 9.09. The van der Waals surface area contributed by atoms with Gasteiger partial charge in [0.25, 0.3) is 0 Å². The summed E-state index contributed by atoms with van der Waals surface area (Å²) in [6.07, 6.45) is -0.0695. The van der Waals surface area contributed by atoms with Gasteiger partial charge >= 0.3 is 23.9 Å². The average Bonchev–Trinajstić information content (AvgIpc) is 2.77. The summed E-state index contributed by atoms with van der Waals surface area (Å²) in [6, 6.07) is -2.57. The van der Waals surface area contributed by atoms with E-state index in [1.54, 1.807) is 0 Å². The summed E-state index contributed by atoms with van der Waals surface area (Å²) in [4.78, 5) is 69.5. The standard InChI is InChI=1S/C18H28BrN3O10S/c1-2-3-4-12(31-15(26)7-19)18(30)32-33-9-11(16(27)21-8-14(24)25)22-13(23)6-5-10(20)17(28)29/h10-12H,2-9,20H2,1H3,(H,21,27)(H,22,23)(H,24,25)(H,28,29)/t10-,11-,12?/m0/s1. The van der Waals surface area contributed by atoms with Crippen LogP contribution in [0.4, 0.5) is 0 Å². The molecule has 0 aliphatic heterocycles. The summed E-state index contributed by atoms with van der Waals surface area (Å²) in [5.41, 5.74) is 5.33. The predicted octanol–water partition coefficient (Wildman–Crippen LogP) is -0.448. The van der Waals surface area contributed by atoms with E-state index < -0.39 is 60.4 Å². The van der Waals surface area contributed by atoms with Gasteiger partial charge < -0.3 is 35.5 Å². The number of aliphatic carboxylic acids is 2. The van der Waals surface area contributed by atoms with Crippen molar-refractivity contribution in [3.05, 3.63) is 0 Å². The lowest BCUT2D eigenvalue weighted by Crippen LogP contribution is -2.49. The molecule has 0 fully saturated rings. The van der Waals surface area contributed by atoms with Crippen molar-refractivity contribution >= 4 is 63.7 Å². The number of nitrogens with two attached hydrogens (primary N) is 1. The average molecular weight is 558 g/mol. The third-order valence-electron chi connectivity index (χ3n) is 3.91. The van der Waals surface area contributed by atoms with Crippen molar-refractivity contribution in [1.29, 1.82) is 0 Å². The van der Waals surface area contributed by atoms with Crippen LogP contribution in [0, 0.1) is 0 Å². The van der Waals surface area contributed by atoms with Crippen LogP contribution in [0.15, 0.2) is 0 Å². The first-order valence-corrected chi connectivity index (χ1v) is 11.9. The number of hydrogen-bond donors (Lipinski definition) is 5. The van der Waals surface area contributed by atoms with Crippen LogP contribution in [-0.2, 0) is 37.7 Å². The molecule has 0 radical (unpaired) electrons. The first kappa shape index (κ1) is 30.6. The summed E-state index contributed by atoms with van der Waals surface area (Å²) in [7, 11) is 0. The lowest BCUT2D eigenvalue weighted by atomic mass is 10.1. The number of carbonyl (C=O) groups excluding carboxylic acids is 4. The maximum Gasteiger partial charge on any atom is 0.359 e. The number of carboxylic acid groups (broad SMARTS) is 2. The number of hydrogen-bond acceptors (Lipinski definition) is 10. The molecule has 13 nitrogen and oxygen atoms in total. The Labute approximate surface area is 202 Å². The molecule has 0 saturated heterocycles. The number of carboxylic acids is 2. The van der Waals surface area contributed by atoms with Crippen LogP contribution in [0.5, 0.6) is 0 Å². The maximum absolute atomic E-state index is 12.3. The number of amides is 2. The Morgan fingerprint density at radius 3 is 2.33 bits per heavy atom. The summed E-state index contributed by atoms with van der Waals surface area (Å²) in [6.45, 7) is 1.18. The van der Waals surface area contributed by atoms with Crippen molar-refractivity contribution in [2.45, 2.75) is 57.2 Å². The summed E-state index contributed by atoms with van der Waals surface area (Å²) >= 11 is 3.43. The van der Waals surface area contributed by atoms with E-state index in [0.29, 0.717) is 18.5 Å². The number of halogens is 1. The highest BCUT2D eigenvalue weighted by Crippen LogP contribution is 2.14. The van der Waals surface area contributed by atoms with E-state index >= 15 is 0 Å². The normalized spacial score (nSPS) is 13.2. The topological polar surface area (TPSA) is 211 Å². The summed E-state index contributed by atoms with van der Waals surface area (Å²) in [5, 5.41) is 21.8. The molecule has 0 heterocycles. The molecule has 2 amide bonds. The largest absolute Gasteiger partial charge is 0.480 e. The SMILES string of the molecule is CCCCC(OC(=O)CBr)C(=O)OSC[C@H](NC(=O)CC[C@H](N)C(=O)O)C(=O)NCC(=O)O. The van der Waals surface area contributed by atoms with Crippen LogP contribution >= 0.6 is 28.0 Å². The van der Waals surface area contributed by atoms with Crippen molar-refractivity contribution in [2.24, 2.45) is 5.73 Å². The van der Waals surface area contributed by atoms with Gasteiger partial charge in [0, 0.05) is 6.42 Å². The minimum Gasteiger partial charge on any atom is -0.480 e. The predicted molar refractivity (Wildman–Crippen MR) is 119 cm³/mol. The zero-order chi connectivity index (χ0) is 25.4. The Bertz CT molecular complexity index is 709. The number of alkyl halides is 1. The Balaban J connectivity index is 4.97. The van der Waals surface area contributed by atoms with Crippen molar-refractivity contribution < 1.29 is 47.9 Å². The summed E-state index contributed by atoms with van der Waals surface area (Å²) in [5.74, 6) is -5.97. The zero-order valence-corrected chi connectivity index (χ0v) is 20.3. The van der Waals surface area contributed by atoms with Crippen LogP contribution < -0.4 is 16.4 Å². The van der Waals surface area contributed by atoms with E-state index in [1.807, 2.05) is 6.92 Å². The fourth-order valence-corrected chi connectivity index (χ4v) is 2.96. The molecule has 0 aromatic carbocycles. The molecular weight excluding hydrogens is 530 g/mol. The lowest BCUT2D eigenvalue weighted by molar-refractivity contribution is -0.160. The van der Waals surface area contributed by atoms with E-state index in [1.165, 1.54) is 0 Å². The molecule has 33 heavy (non-hydrogen) atoms. The van der Waals surface area contributed by atoms with Crippen LogP contribution in [-0.4, -0.2) is 81.7 Å². The van der Waals surface area contributed by atoms with Gasteiger partial charge in [0.1, 0.15) is 24.0 Å². The van der Waals surface area contributed by atoms with Gasteiger partial charge in [-0.05, 0) is 19.3 Å². The van der Waals surface area contributed by atoms with Crippen LogP contribution in [0.25, 0.3) is 0 Å². The molecule has 0 bridgehead atoms. The smallest absolute Gasteiger partial charge is 0.359 e. The number of rotatable bonds is 17. The number of carbonyl (C=O) groups is 6. The zero-order valence-electron chi connectivity index (χ0n) is 17.9. The highest BCUT2D eigenvalue weighted by atomic mass is 79.9. The molecule has 0 spiro atoms. The quantitative estimate of drug-likeness (QED) is 0.0873. The second-order valence-corrected chi connectivity index (χ2v) is 7.95. The molecular formula is C18H28BrN3O10S. The minimum absolute atomic E-state index is 0.112. The molecule has 0 aromatic rings. The van der Waals surface area contributed by atoms with E-state index in [4.69, 9.17) is 24.9 Å². The monoisotopic (exact) mass is 557 g/mol. The lowest BCUT2D eigenvalue weighted by Gasteiger charge is -2.19. The molecule has 188 valence electrons. The van der Waals surface area contributed by atoms with Crippen molar-refractivity contribution in [2.75, 3.05) is 17.6 Å². The first-order chi connectivity index (χ1) is 15.5. The van der Waals surface area contributed by atoms with Gasteiger partial charge in [0.15, 0.2) is 6.10 Å². The Morgan fingerprint density at radius 2 is 1.79 bits per heavy atom. The Kier molecular flexibility index (Phi) is 15.9. The number of esters is 1. The molecule has 1 unspecified atom stereocenters. The fraction of sp³-hybridized carbons (Fsp3) is 0.667. The Hall–Kier alpha value is -2.39. The van der Waals surface area contributed by atoms with Gasteiger partial charge in [0.05, 0.1) is 17.8 Å². The van der Waals surface area contributed by atoms with E-state index in [-0.39, 0.29) is 30.3 Å². The maximum atomic E-state index is 12.3. The number of unbranched alkanes of at least 4 members (excludes halogenated alkanes) is 1. The molecule has 0 aromatic heterocycles. The van der Waals surface area contributed by atoms with Crippen molar-refractivity contribution in [3.63, 3.8) is 0 Å². The number of ether oxygens (including phenoxy) is 1. The Morgan fingerprint density at radius 1 is 1.12 bits per heavy atom. The van der Waals surface area contributed by atoms with Gasteiger partial charge in [-0.3, -0.25) is 24.0 Å². The van der Waals surface area contributed by atoms with Crippen molar-refractivity contribution in [3.8, 4) is 0 Å². The second-order valence-electron chi connectivity index (χ2n) is 6.66. The van der Waals surface area contributed by atoms with Crippen LogP contribution in [0.1, 0.15) is 39.0 Å². The van der Waals surface area contributed by atoms with Gasteiger partial charge in [-0.25, -0.2) is 4.79 Å². The van der Waals surface area contributed by atoms with Gasteiger partial charge in [-0.1, -0.05) is 29.3 Å². The fourth-order valence-electron chi connectivity index (χ4n) is 2.16. The van der Waals surface area contributed by atoms with Crippen LogP contribution in [0.2, 0.25) is 0 Å². The molecule has 0 aliphatic rings. The third-order valence-corrected chi connectivity index (χ3v) is 5.12. The van der Waals surface area contributed by atoms with E-state index in [2.05, 4.69) is 26.6 Å². The highest BCUT2D eigenvalue weighted by Gasteiger charge is 2.27. The van der Waals surface area contributed by atoms with Gasteiger partial charge in [-0.2, -0.15) is 0 Å². The molecule has 0 saturated carbocycles. The molecule has 0 rings (SSSR count). The molecule has 0 aliphatic carbocycles. The summed E-state index contributed by atoms with van der Waals surface area (Å²) < 4.78 is 10.0. The minimum atomic E-state index is -1.31.